The Morgan fingerprint density at radius 1 is 0.630 bits per heavy atom. The van der Waals surface area contributed by atoms with E-state index in [9.17, 15) is 0 Å². The van der Waals surface area contributed by atoms with Crippen LogP contribution in [0.3, 0.4) is 0 Å². The Morgan fingerprint density at radius 2 is 1.30 bits per heavy atom. The van der Waals surface area contributed by atoms with Crippen molar-refractivity contribution in [1.29, 1.82) is 0 Å². The lowest BCUT2D eigenvalue weighted by molar-refractivity contribution is -0.0539. The molecule has 0 spiro atoms. The van der Waals surface area contributed by atoms with Crippen LogP contribution in [0.4, 0.5) is 0 Å². The first-order valence-electron chi connectivity index (χ1n) is 12.9. The maximum Gasteiger partial charge on any atom is 0.0578 e. The molecule has 1 nitrogen and oxygen atoms in total. The zero-order valence-electron chi connectivity index (χ0n) is 18.6. The van der Waals surface area contributed by atoms with E-state index < -0.39 is 0 Å². The molecule has 0 bridgehead atoms. The molecule has 6 atom stereocenters. The van der Waals surface area contributed by atoms with Crippen molar-refractivity contribution in [1.82, 2.24) is 0 Å². The summed E-state index contributed by atoms with van der Waals surface area (Å²) in [6.07, 6.45) is 25.3. The molecule has 0 aliphatic heterocycles. The second-order valence-electron chi connectivity index (χ2n) is 10.3. The van der Waals surface area contributed by atoms with E-state index in [1.807, 2.05) is 0 Å². The van der Waals surface area contributed by atoms with Crippen LogP contribution in [0.15, 0.2) is 0 Å². The first-order chi connectivity index (χ1) is 13.3. The lowest BCUT2D eigenvalue weighted by Crippen LogP contribution is -2.42. The number of unbranched alkanes of at least 4 members (excludes halogenated alkanes) is 6. The molecule has 3 rings (SSSR count). The third kappa shape index (κ3) is 6.48. The van der Waals surface area contributed by atoms with Crippen LogP contribution < -0.4 is 0 Å². The summed E-state index contributed by atoms with van der Waals surface area (Å²) in [6, 6.07) is 0. The maximum absolute atomic E-state index is 6.30. The molecule has 0 aromatic rings. The van der Waals surface area contributed by atoms with Crippen LogP contribution in [-0.4, -0.2) is 12.7 Å². The Bertz CT molecular complexity index is 392. The number of hydrogen-bond donors (Lipinski definition) is 0. The van der Waals surface area contributed by atoms with Crippen molar-refractivity contribution in [2.75, 3.05) is 6.61 Å². The summed E-state index contributed by atoms with van der Waals surface area (Å²) in [7, 11) is 0. The van der Waals surface area contributed by atoms with E-state index in [2.05, 4.69) is 13.8 Å². The van der Waals surface area contributed by atoms with Gasteiger partial charge in [-0.25, -0.2) is 0 Å². The van der Waals surface area contributed by atoms with Crippen molar-refractivity contribution >= 4 is 0 Å². The molecule has 0 N–H and O–H groups in total. The summed E-state index contributed by atoms with van der Waals surface area (Å²) in [6.45, 7) is 5.64. The van der Waals surface area contributed by atoms with Crippen LogP contribution in [0.25, 0.3) is 0 Å². The highest BCUT2D eigenvalue weighted by Gasteiger charge is 2.44. The second kappa shape index (κ2) is 11.8. The highest BCUT2D eigenvalue weighted by atomic mass is 16.5. The van der Waals surface area contributed by atoms with Crippen LogP contribution in [0.1, 0.15) is 123 Å². The highest BCUT2D eigenvalue weighted by molar-refractivity contribution is 4.94. The fourth-order valence-corrected chi connectivity index (χ4v) is 6.90. The Hall–Kier alpha value is -0.0400. The van der Waals surface area contributed by atoms with E-state index in [1.165, 1.54) is 83.5 Å². The molecule has 3 saturated carbocycles. The van der Waals surface area contributed by atoms with Gasteiger partial charge < -0.3 is 4.74 Å². The van der Waals surface area contributed by atoms with Crippen molar-refractivity contribution in [3.8, 4) is 0 Å². The predicted octanol–water partition coefficient (Wildman–Crippen LogP) is 8.16. The quantitative estimate of drug-likeness (QED) is 0.330. The van der Waals surface area contributed by atoms with Crippen LogP contribution in [0.2, 0.25) is 0 Å². The molecule has 0 amide bonds. The van der Waals surface area contributed by atoms with Gasteiger partial charge in [-0.2, -0.15) is 0 Å². The summed E-state index contributed by atoms with van der Waals surface area (Å²) < 4.78 is 6.30. The van der Waals surface area contributed by atoms with Gasteiger partial charge in [-0.3, -0.25) is 0 Å². The van der Waals surface area contributed by atoms with Crippen molar-refractivity contribution < 1.29 is 4.74 Å². The minimum Gasteiger partial charge on any atom is -0.378 e. The van der Waals surface area contributed by atoms with Crippen molar-refractivity contribution in [3.63, 3.8) is 0 Å². The van der Waals surface area contributed by atoms with Gasteiger partial charge in [-0.05, 0) is 81.0 Å². The molecule has 0 aromatic carbocycles. The van der Waals surface area contributed by atoms with Crippen molar-refractivity contribution in [2.24, 2.45) is 29.6 Å². The first-order valence-corrected chi connectivity index (χ1v) is 12.9. The molecule has 0 radical (unpaired) electrons. The van der Waals surface area contributed by atoms with E-state index in [1.54, 1.807) is 25.7 Å². The summed E-state index contributed by atoms with van der Waals surface area (Å²) in [5.74, 6) is 5.30. The zero-order valence-corrected chi connectivity index (χ0v) is 18.6. The van der Waals surface area contributed by atoms with Gasteiger partial charge in [0.05, 0.1) is 6.10 Å². The molecule has 3 aliphatic carbocycles. The van der Waals surface area contributed by atoms with E-state index in [-0.39, 0.29) is 0 Å². The lowest BCUT2D eigenvalue weighted by atomic mass is 9.56. The molecule has 27 heavy (non-hydrogen) atoms. The molecule has 0 heterocycles. The van der Waals surface area contributed by atoms with Gasteiger partial charge in [-0.1, -0.05) is 71.6 Å². The summed E-state index contributed by atoms with van der Waals surface area (Å²) in [4.78, 5) is 0. The average Bonchev–Trinajstić information content (AvgIpc) is 2.70. The fourth-order valence-electron chi connectivity index (χ4n) is 6.90. The number of fused-ring (bicyclic) bond motifs is 3. The average molecular weight is 377 g/mol. The van der Waals surface area contributed by atoms with Gasteiger partial charge >= 0.3 is 0 Å². The molecule has 3 fully saturated rings. The third-order valence-corrected chi connectivity index (χ3v) is 8.42. The van der Waals surface area contributed by atoms with Crippen molar-refractivity contribution in [2.45, 2.75) is 129 Å². The normalized spacial score (nSPS) is 36.2. The minimum atomic E-state index is 0.597. The first kappa shape index (κ1) is 21.7. The molecular formula is C26H48O. The Labute approximate surface area is 170 Å². The lowest BCUT2D eigenvalue weighted by Gasteiger charge is -2.50. The topological polar surface area (TPSA) is 9.23 Å². The summed E-state index contributed by atoms with van der Waals surface area (Å²) in [5, 5.41) is 0. The smallest absolute Gasteiger partial charge is 0.0578 e. The van der Waals surface area contributed by atoms with Crippen LogP contribution >= 0.6 is 0 Å². The monoisotopic (exact) mass is 376 g/mol. The molecule has 4 unspecified atom stereocenters. The molecule has 3 aliphatic rings. The standard InChI is InChI=1S/C26H48O/c1-3-5-7-9-11-21-12-16-25-22(19-21)13-14-23-20-24(15-17-26(23)25)27-18-10-8-6-4-2/h21-26H,3-20H2,1-2H3/t21-,22?,23?,24-,25?,26?/m1/s1. The highest BCUT2D eigenvalue weighted by Crippen LogP contribution is 2.53. The van der Waals surface area contributed by atoms with Crippen LogP contribution in [0, 0.1) is 29.6 Å². The van der Waals surface area contributed by atoms with Crippen molar-refractivity contribution in [3.05, 3.63) is 0 Å². The fraction of sp³-hybridized carbons (Fsp3) is 1.00. The maximum atomic E-state index is 6.30. The second-order valence-corrected chi connectivity index (χ2v) is 10.3. The van der Waals surface area contributed by atoms with E-state index in [0.717, 1.165) is 36.2 Å². The Kier molecular flexibility index (Phi) is 9.50. The van der Waals surface area contributed by atoms with E-state index in [0.29, 0.717) is 6.10 Å². The predicted molar refractivity (Wildman–Crippen MR) is 117 cm³/mol. The molecule has 158 valence electrons. The van der Waals surface area contributed by atoms with Gasteiger partial charge in [0.2, 0.25) is 0 Å². The molecule has 0 aromatic heterocycles. The van der Waals surface area contributed by atoms with Gasteiger partial charge in [0.1, 0.15) is 0 Å². The summed E-state index contributed by atoms with van der Waals surface area (Å²) in [5.41, 5.74) is 0. The van der Waals surface area contributed by atoms with Gasteiger partial charge in [0, 0.05) is 6.61 Å². The number of rotatable bonds is 11. The molecule has 0 saturated heterocycles. The Balaban J connectivity index is 1.37. The van der Waals surface area contributed by atoms with Gasteiger partial charge in [0.25, 0.3) is 0 Å². The van der Waals surface area contributed by atoms with E-state index in [4.69, 9.17) is 4.74 Å². The SMILES string of the molecule is CCCCCCO[C@@H]1CCC2C(CCC3C[C@H](CCCCCC)CCC32)C1. The van der Waals surface area contributed by atoms with E-state index >= 15 is 0 Å². The third-order valence-electron chi connectivity index (χ3n) is 8.42. The Morgan fingerprint density at radius 3 is 2.04 bits per heavy atom. The minimum absolute atomic E-state index is 0.597. The van der Waals surface area contributed by atoms with Crippen LogP contribution in [0.5, 0.6) is 0 Å². The number of ether oxygens (including phenoxy) is 1. The van der Waals surface area contributed by atoms with Gasteiger partial charge in [0.15, 0.2) is 0 Å². The largest absolute Gasteiger partial charge is 0.378 e. The molecule has 1 heteroatoms. The van der Waals surface area contributed by atoms with Gasteiger partial charge in [-0.15, -0.1) is 0 Å². The number of hydrogen-bond acceptors (Lipinski definition) is 1. The zero-order chi connectivity index (χ0) is 18.9. The summed E-state index contributed by atoms with van der Waals surface area (Å²) >= 11 is 0. The van der Waals surface area contributed by atoms with Crippen LogP contribution in [-0.2, 0) is 4.74 Å². The molecular weight excluding hydrogens is 328 g/mol.